The number of nitrogens with zero attached hydrogens (tertiary/aromatic N) is 1. The predicted octanol–water partition coefficient (Wildman–Crippen LogP) is 3.82. The monoisotopic (exact) mass is 344 g/mol. The normalized spacial score (nSPS) is 10.4. The van der Waals surface area contributed by atoms with Gasteiger partial charge in [-0.05, 0) is 47.1 Å². The van der Waals surface area contributed by atoms with Gasteiger partial charge in [0.05, 0.1) is 16.9 Å². The molecule has 7 heteroatoms. The van der Waals surface area contributed by atoms with E-state index in [1.807, 2.05) is 0 Å². The fourth-order valence-electron chi connectivity index (χ4n) is 1.55. The largest absolute Gasteiger partial charge is 0.320 e. The Balaban J connectivity index is 2.31. The Morgan fingerprint density at radius 1 is 1.15 bits per heavy atom. The van der Waals surface area contributed by atoms with E-state index in [0.29, 0.717) is 22.1 Å². The molecule has 0 saturated carbocycles. The first-order valence-electron chi connectivity index (χ1n) is 5.48. The summed E-state index contributed by atoms with van der Waals surface area (Å²) >= 11 is 3.16. The van der Waals surface area contributed by atoms with Crippen molar-refractivity contribution in [1.82, 2.24) is 4.98 Å². The van der Waals surface area contributed by atoms with Gasteiger partial charge in [-0.2, -0.15) is 0 Å². The van der Waals surface area contributed by atoms with Crippen molar-refractivity contribution in [1.29, 1.82) is 0 Å². The van der Waals surface area contributed by atoms with Crippen LogP contribution in [0, 0.1) is 24.4 Å². The third-order valence-electron chi connectivity index (χ3n) is 2.58. The zero-order valence-electron chi connectivity index (χ0n) is 10.2. The minimum atomic E-state index is -1.68. The van der Waals surface area contributed by atoms with Crippen molar-refractivity contribution in [2.75, 3.05) is 5.32 Å². The Hall–Kier alpha value is -1.89. The molecule has 0 radical (unpaired) electrons. The molecule has 0 saturated heterocycles. The van der Waals surface area contributed by atoms with E-state index < -0.39 is 28.9 Å². The number of rotatable bonds is 2. The number of amides is 1. The highest BCUT2D eigenvalue weighted by Crippen LogP contribution is 2.19. The van der Waals surface area contributed by atoms with Crippen LogP contribution in [0.3, 0.4) is 0 Å². The fourth-order valence-corrected chi connectivity index (χ4v) is 1.95. The molecular formula is C13H8BrF3N2O. The number of halogens is 4. The number of anilines is 1. The summed E-state index contributed by atoms with van der Waals surface area (Å²) in [6.45, 7) is 1.64. The molecule has 0 unspecified atom stereocenters. The molecule has 0 aliphatic rings. The van der Waals surface area contributed by atoms with Crippen molar-refractivity contribution in [3.8, 4) is 0 Å². The summed E-state index contributed by atoms with van der Waals surface area (Å²) in [6.07, 6.45) is 0. The zero-order valence-corrected chi connectivity index (χ0v) is 11.8. The second-order valence-electron chi connectivity index (χ2n) is 3.94. The van der Waals surface area contributed by atoms with E-state index in [1.165, 1.54) is 0 Å². The Morgan fingerprint density at radius 2 is 1.85 bits per heavy atom. The molecule has 1 heterocycles. The number of aryl methyl sites for hydroxylation is 1. The second kappa shape index (κ2) is 5.62. The molecule has 1 amide bonds. The Kier molecular flexibility index (Phi) is 4.08. The smallest absolute Gasteiger partial charge is 0.258 e. The zero-order chi connectivity index (χ0) is 14.9. The van der Waals surface area contributed by atoms with Crippen molar-refractivity contribution in [2.24, 2.45) is 0 Å². The van der Waals surface area contributed by atoms with Gasteiger partial charge in [-0.25, -0.2) is 18.2 Å². The van der Waals surface area contributed by atoms with Crippen molar-refractivity contribution in [3.05, 3.63) is 57.6 Å². The number of benzene rings is 1. The topological polar surface area (TPSA) is 42.0 Å². The molecule has 0 fully saturated rings. The number of carbonyl (C=O) groups is 1. The quantitative estimate of drug-likeness (QED) is 0.664. The van der Waals surface area contributed by atoms with Crippen molar-refractivity contribution in [2.45, 2.75) is 6.92 Å². The summed E-state index contributed by atoms with van der Waals surface area (Å²) in [5.41, 5.74) is 0.268. The number of nitrogens with one attached hydrogen (secondary N) is 1. The van der Waals surface area contributed by atoms with Crippen molar-refractivity contribution >= 4 is 27.5 Å². The summed E-state index contributed by atoms with van der Waals surface area (Å²) < 4.78 is 39.9. The summed E-state index contributed by atoms with van der Waals surface area (Å²) in [4.78, 5) is 15.9. The van der Waals surface area contributed by atoms with Gasteiger partial charge in [0.2, 0.25) is 0 Å². The third-order valence-corrected chi connectivity index (χ3v) is 3.02. The second-order valence-corrected chi connectivity index (χ2v) is 4.76. The van der Waals surface area contributed by atoms with Gasteiger partial charge in [0.15, 0.2) is 17.5 Å². The molecule has 1 N–H and O–H groups in total. The van der Waals surface area contributed by atoms with Crippen LogP contribution in [0.4, 0.5) is 18.9 Å². The molecule has 0 atom stereocenters. The van der Waals surface area contributed by atoms with Crippen LogP contribution in [0.5, 0.6) is 0 Å². The molecule has 20 heavy (non-hydrogen) atoms. The van der Waals surface area contributed by atoms with Crippen LogP contribution in [0.15, 0.2) is 28.9 Å². The van der Waals surface area contributed by atoms with E-state index in [9.17, 15) is 18.0 Å². The van der Waals surface area contributed by atoms with Crippen LogP contribution in [0.25, 0.3) is 0 Å². The average Bonchev–Trinajstić information content (AvgIpc) is 2.39. The van der Waals surface area contributed by atoms with Gasteiger partial charge in [0.1, 0.15) is 4.60 Å². The molecule has 3 nitrogen and oxygen atoms in total. The lowest BCUT2D eigenvalue weighted by Crippen LogP contribution is -2.16. The first-order valence-corrected chi connectivity index (χ1v) is 6.27. The van der Waals surface area contributed by atoms with E-state index in [-0.39, 0.29) is 0 Å². The van der Waals surface area contributed by atoms with Gasteiger partial charge in [-0.1, -0.05) is 0 Å². The highest BCUT2D eigenvalue weighted by atomic mass is 79.9. The van der Waals surface area contributed by atoms with Gasteiger partial charge < -0.3 is 5.32 Å². The minimum Gasteiger partial charge on any atom is -0.320 e. The molecule has 2 rings (SSSR count). The van der Waals surface area contributed by atoms with Crippen molar-refractivity contribution in [3.63, 3.8) is 0 Å². The summed E-state index contributed by atoms with van der Waals surface area (Å²) in [7, 11) is 0. The Bertz CT molecular complexity index is 692. The molecule has 1 aromatic heterocycles. The van der Waals surface area contributed by atoms with Crippen LogP contribution in [-0.4, -0.2) is 10.9 Å². The van der Waals surface area contributed by atoms with Gasteiger partial charge >= 0.3 is 0 Å². The number of aromatic nitrogens is 1. The lowest BCUT2D eigenvalue weighted by Gasteiger charge is -2.09. The molecule has 0 aliphatic heterocycles. The lowest BCUT2D eigenvalue weighted by molar-refractivity contribution is 0.102. The van der Waals surface area contributed by atoms with Crippen LogP contribution in [0.1, 0.15) is 16.1 Å². The molecule has 0 bridgehead atoms. The molecule has 1 aromatic carbocycles. The average molecular weight is 345 g/mol. The van der Waals surface area contributed by atoms with E-state index in [0.717, 1.165) is 6.07 Å². The minimum absolute atomic E-state index is 0.349. The summed E-state index contributed by atoms with van der Waals surface area (Å²) in [5, 5.41) is 2.39. The van der Waals surface area contributed by atoms with E-state index in [2.05, 4.69) is 26.2 Å². The fraction of sp³-hybridized carbons (Fsp3) is 0.0769. The maximum atomic E-state index is 13.5. The van der Waals surface area contributed by atoms with Crippen LogP contribution < -0.4 is 5.32 Å². The lowest BCUT2D eigenvalue weighted by atomic mass is 10.1. The maximum Gasteiger partial charge on any atom is 0.258 e. The number of hydrogen-bond acceptors (Lipinski definition) is 2. The highest BCUT2D eigenvalue weighted by Gasteiger charge is 2.19. The van der Waals surface area contributed by atoms with E-state index in [1.54, 1.807) is 19.1 Å². The highest BCUT2D eigenvalue weighted by molar-refractivity contribution is 9.10. The maximum absolute atomic E-state index is 13.5. The predicted molar refractivity (Wildman–Crippen MR) is 70.9 cm³/mol. The van der Waals surface area contributed by atoms with E-state index >= 15 is 0 Å². The number of carbonyl (C=O) groups excluding carboxylic acids is 1. The Labute approximate surface area is 121 Å². The van der Waals surface area contributed by atoms with E-state index in [4.69, 9.17) is 0 Å². The van der Waals surface area contributed by atoms with Crippen LogP contribution in [-0.2, 0) is 0 Å². The van der Waals surface area contributed by atoms with Gasteiger partial charge in [0, 0.05) is 0 Å². The van der Waals surface area contributed by atoms with Crippen molar-refractivity contribution < 1.29 is 18.0 Å². The first kappa shape index (κ1) is 14.5. The standard InChI is InChI=1S/C13H8BrF3N2O/c1-6-9(4-5-10(14)18-6)19-13(20)7-2-3-8(15)12(17)11(7)16/h2-5H,1H3,(H,19,20). The van der Waals surface area contributed by atoms with Gasteiger partial charge in [-0.15, -0.1) is 0 Å². The molecule has 2 aromatic rings. The molecule has 0 spiro atoms. The Morgan fingerprint density at radius 3 is 2.50 bits per heavy atom. The SMILES string of the molecule is Cc1nc(Br)ccc1NC(=O)c1ccc(F)c(F)c1F. The number of pyridine rings is 1. The third kappa shape index (κ3) is 2.82. The summed E-state index contributed by atoms with van der Waals surface area (Å²) in [5.74, 6) is -5.43. The molecule has 104 valence electrons. The molecular weight excluding hydrogens is 337 g/mol. The molecule has 0 aliphatic carbocycles. The van der Waals surface area contributed by atoms with Crippen LogP contribution in [0.2, 0.25) is 0 Å². The van der Waals surface area contributed by atoms with Gasteiger partial charge in [-0.3, -0.25) is 4.79 Å². The first-order chi connectivity index (χ1) is 9.40. The number of hydrogen-bond donors (Lipinski definition) is 1. The summed E-state index contributed by atoms with van der Waals surface area (Å²) in [6, 6.07) is 4.72. The van der Waals surface area contributed by atoms with Crippen LogP contribution >= 0.6 is 15.9 Å². The van der Waals surface area contributed by atoms with Gasteiger partial charge in [0.25, 0.3) is 5.91 Å².